The van der Waals surface area contributed by atoms with Gasteiger partial charge in [-0.25, -0.2) is 0 Å². The standard InChI is InChI=1S/C34H35NO3/c1-37-33-23-20-29(24-34(33)38-2)25-35(32(26-36)30-16-10-5-11-17-30)31(21-18-27-12-6-3-7-13-27)22-19-28-14-8-4-9-15-28/h3-17,20,23-24,31-32,36H,18,21,25-26H2,1-2H3/t31-,32+/m1/s1. The van der Waals surface area contributed by atoms with Gasteiger partial charge in [0.25, 0.3) is 0 Å². The van der Waals surface area contributed by atoms with E-state index in [0.29, 0.717) is 18.0 Å². The van der Waals surface area contributed by atoms with Gasteiger partial charge >= 0.3 is 0 Å². The topological polar surface area (TPSA) is 41.9 Å². The maximum atomic E-state index is 10.7. The van der Waals surface area contributed by atoms with Gasteiger partial charge < -0.3 is 14.6 Å². The Morgan fingerprint density at radius 2 is 1.37 bits per heavy atom. The van der Waals surface area contributed by atoms with E-state index in [0.717, 1.165) is 29.5 Å². The Bertz CT molecular complexity index is 1310. The number of hydrogen-bond donors (Lipinski definition) is 1. The van der Waals surface area contributed by atoms with Crippen LogP contribution in [0.1, 0.15) is 34.7 Å². The lowest BCUT2D eigenvalue weighted by Crippen LogP contribution is -2.39. The highest BCUT2D eigenvalue weighted by Crippen LogP contribution is 2.31. The molecule has 0 bridgehead atoms. The van der Waals surface area contributed by atoms with Crippen LogP contribution in [0.25, 0.3) is 0 Å². The smallest absolute Gasteiger partial charge is 0.161 e. The average molecular weight is 506 g/mol. The van der Waals surface area contributed by atoms with Crippen molar-refractivity contribution in [3.63, 3.8) is 0 Å². The maximum absolute atomic E-state index is 10.7. The highest BCUT2D eigenvalue weighted by Gasteiger charge is 2.27. The predicted molar refractivity (Wildman–Crippen MR) is 153 cm³/mol. The van der Waals surface area contributed by atoms with E-state index in [1.165, 1.54) is 5.56 Å². The third-order valence-corrected chi connectivity index (χ3v) is 6.68. The number of hydrogen-bond acceptors (Lipinski definition) is 4. The van der Waals surface area contributed by atoms with Crippen LogP contribution in [-0.4, -0.2) is 36.9 Å². The lowest BCUT2D eigenvalue weighted by molar-refractivity contribution is 0.0920. The maximum Gasteiger partial charge on any atom is 0.161 e. The second-order valence-electron chi connectivity index (χ2n) is 9.15. The zero-order valence-electron chi connectivity index (χ0n) is 22.1. The van der Waals surface area contributed by atoms with Crippen LogP contribution in [0.2, 0.25) is 0 Å². The van der Waals surface area contributed by atoms with E-state index in [4.69, 9.17) is 9.47 Å². The molecule has 0 aromatic heterocycles. The quantitative estimate of drug-likeness (QED) is 0.243. The summed E-state index contributed by atoms with van der Waals surface area (Å²) in [5, 5.41) is 10.7. The number of methoxy groups -OCH3 is 2. The van der Waals surface area contributed by atoms with Gasteiger partial charge in [-0.2, -0.15) is 0 Å². The minimum Gasteiger partial charge on any atom is -0.493 e. The van der Waals surface area contributed by atoms with E-state index in [1.54, 1.807) is 14.2 Å². The molecule has 38 heavy (non-hydrogen) atoms. The fourth-order valence-corrected chi connectivity index (χ4v) is 4.66. The second kappa shape index (κ2) is 14.0. The zero-order valence-corrected chi connectivity index (χ0v) is 22.1. The average Bonchev–Trinajstić information content (AvgIpc) is 2.98. The van der Waals surface area contributed by atoms with Crippen molar-refractivity contribution in [2.24, 2.45) is 0 Å². The molecule has 194 valence electrons. The highest BCUT2D eigenvalue weighted by atomic mass is 16.5. The molecule has 0 aliphatic carbocycles. The molecule has 4 rings (SSSR count). The third-order valence-electron chi connectivity index (χ3n) is 6.68. The number of nitrogens with zero attached hydrogens (tertiary/aromatic N) is 1. The van der Waals surface area contributed by atoms with E-state index >= 15 is 0 Å². The molecule has 0 heterocycles. The molecule has 0 aliphatic heterocycles. The Morgan fingerprint density at radius 1 is 0.737 bits per heavy atom. The highest BCUT2D eigenvalue weighted by molar-refractivity contribution is 5.43. The van der Waals surface area contributed by atoms with Crippen molar-refractivity contribution in [1.82, 2.24) is 4.90 Å². The summed E-state index contributed by atoms with van der Waals surface area (Å²) in [5.41, 5.74) is 4.36. The molecule has 0 saturated carbocycles. The van der Waals surface area contributed by atoms with E-state index in [2.05, 4.69) is 53.1 Å². The molecule has 4 aromatic carbocycles. The number of benzene rings is 4. The lowest BCUT2D eigenvalue weighted by Gasteiger charge is -2.35. The van der Waals surface area contributed by atoms with E-state index < -0.39 is 0 Å². The Labute approximate surface area is 226 Å². The van der Waals surface area contributed by atoms with E-state index in [9.17, 15) is 5.11 Å². The zero-order chi connectivity index (χ0) is 26.6. The fourth-order valence-electron chi connectivity index (χ4n) is 4.66. The molecule has 4 heteroatoms. The monoisotopic (exact) mass is 505 g/mol. The first-order valence-corrected chi connectivity index (χ1v) is 12.9. The number of rotatable bonds is 11. The van der Waals surface area contributed by atoms with Crippen molar-refractivity contribution >= 4 is 0 Å². The van der Waals surface area contributed by atoms with E-state index in [1.807, 2.05) is 72.8 Å². The van der Waals surface area contributed by atoms with Gasteiger partial charge in [0, 0.05) is 12.1 Å². The van der Waals surface area contributed by atoms with Gasteiger partial charge in [-0.15, -0.1) is 0 Å². The first-order chi connectivity index (χ1) is 18.7. The summed E-state index contributed by atoms with van der Waals surface area (Å²) >= 11 is 0. The molecule has 0 unspecified atom stereocenters. The summed E-state index contributed by atoms with van der Waals surface area (Å²) < 4.78 is 11.0. The van der Waals surface area contributed by atoms with Crippen LogP contribution in [-0.2, 0) is 13.0 Å². The first-order valence-electron chi connectivity index (χ1n) is 12.9. The molecular formula is C34H35NO3. The van der Waals surface area contributed by atoms with Crippen LogP contribution < -0.4 is 9.47 Å². The first kappa shape index (κ1) is 27.0. The summed E-state index contributed by atoms with van der Waals surface area (Å²) in [5.74, 6) is 8.34. The van der Waals surface area contributed by atoms with Gasteiger partial charge in [0.05, 0.1) is 32.9 Å². The van der Waals surface area contributed by atoms with E-state index in [-0.39, 0.29) is 18.7 Å². The molecule has 4 nitrogen and oxygen atoms in total. The second-order valence-corrected chi connectivity index (χ2v) is 9.15. The van der Waals surface area contributed by atoms with Crippen LogP contribution in [0.15, 0.2) is 109 Å². The largest absolute Gasteiger partial charge is 0.493 e. The Kier molecular flexibility index (Phi) is 9.98. The number of aryl methyl sites for hydroxylation is 1. The number of aliphatic hydroxyl groups excluding tert-OH is 1. The van der Waals surface area contributed by atoms with Gasteiger partial charge in [-0.3, -0.25) is 4.90 Å². The van der Waals surface area contributed by atoms with Crippen molar-refractivity contribution in [2.75, 3.05) is 20.8 Å². The minimum absolute atomic E-state index is 0.0217. The molecule has 1 N–H and O–H groups in total. The van der Waals surface area contributed by atoms with Crippen LogP contribution in [0.3, 0.4) is 0 Å². The normalized spacial score (nSPS) is 12.3. The van der Waals surface area contributed by atoms with Crippen molar-refractivity contribution < 1.29 is 14.6 Å². The fraction of sp³-hybridized carbons (Fsp3) is 0.235. The van der Waals surface area contributed by atoms with Crippen molar-refractivity contribution in [3.8, 4) is 23.3 Å². The molecule has 0 fully saturated rings. The van der Waals surface area contributed by atoms with Gasteiger partial charge in [-0.1, -0.05) is 96.8 Å². The molecule has 0 radical (unpaired) electrons. The summed E-state index contributed by atoms with van der Waals surface area (Å²) in [6, 6.07) is 36.4. The van der Waals surface area contributed by atoms with Gasteiger partial charge in [0.1, 0.15) is 0 Å². The van der Waals surface area contributed by atoms with Crippen molar-refractivity contribution in [3.05, 3.63) is 131 Å². The van der Waals surface area contributed by atoms with Crippen LogP contribution in [0.4, 0.5) is 0 Å². The molecule has 0 spiro atoms. The van der Waals surface area contributed by atoms with Crippen molar-refractivity contribution in [1.29, 1.82) is 0 Å². The predicted octanol–water partition coefficient (Wildman–Crippen LogP) is 6.29. The van der Waals surface area contributed by atoms with Gasteiger partial charge in [0.15, 0.2) is 11.5 Å². The Hall–Kier alpha value is -4.04. The van der Waals surface area contributed by atoms with Gasteiger partial charge in [0.2, 0.25) is 0 Å². The third kappa shape index (κ3) is 7.26. The summed E-state index contributed by atoms with van der Waals surface area (Å²) in [6.45, 7) is 0.565. The molecule has 2 atom stereocenters. The molecule has 0 saturated heterocycles. The van der Waals surface area contributed by atoms with Crippen LogP contribution in [0, 0.1) is 11.8 Å². The lowest BCUT2D eigenvalue weighted by atomic mass is 9.98. The number of aliphatic hydroxyl groups is 1. The Balaban J connectivity index is 1.75. The summed E-state index contributed by atoms with van der Waals surface area (Å²) in [6.07, 6.45) is 1.70. The van der Waals surface area contributed by atoms with Gasteiger partial charge in [-0.05, 0) is 53.8 Å². The number of ether oxygens (including phenoxy) is 2. The molecular weight excluding hydrogens is 470 g/mol. The SMILES string of the molecule is COc1ccc(CN([C@@H](C#Cc2ccccc2)CCc2ccccc2)[C@@H](CO)c2ccccc2)cc1OC. The minimum atomic E-state index is -0.227. The molecule has 4 aromatic rings. The summed E-state index contributed by atoms with van der Waals surface area (Å²) in [4.78, 5) is 2.31. The van der Waals surface area contributed by atoms with Crippen LogP contribution in [0.5, 0.6) is 11.5 Å². The molecule has 0 amide bonds. The Morgan fingerprint density at radius 3 is 2.00 bits per heavy atom. The summed E-state index contributed by atoms with van der Waals surface area (Å²) in [7, 11) is 3.29. The van der Waals surface area contributed by atoms with Crippen molar-refractivity contribution in [2.45, 2.75) is 31.5 Å². The van der Waals surface area contributed by atoms with Crippen LogP contribution >= 0.6 is 0 Å². The molecule has 0 aliphatic rings.